The second-order valence-electron chi connectivity index (χ2n) is 4.22. The van der Waals surface area contributed by atoms with Crippen LogP contribution in [0.1, 0.15) is 18.7 Å². The SMILES string of the molecule is COc1cccc(-c2cnc(CCCCN)[nH]2)c1. The lowest BCUT2D eigenvalue weighted by molar-refractivity contribution is 0.415. The van der Waals surface area contributed by atoms with Crippen molar-refractivity contribution in [3.63, 3.8) is 0 Å². The molecule has 0 saturated carbocycles. The van der Waals surface area contributed by atoms with E-state index in [1.54, 1.807) is 7.11 Å². The number of aromatic nitrogens is 2. The van der Waals surface area contributed by atoms with Gasteiger partial charge in [0.05, 0.1) is 19.0 Å². The molecular weight excluding hydrogens is 226 g/mol. The lowest BCUT2D eigenvalue weighted by Crippen LogP contribution is -1.99. The average molecular weight is 245 g/mol. The van der Waals surface area contributed by atoms with Crippen molar-refractivity contribution in [1.82, 2.24) is 9.97 Å². The van der Waals surface area contributed by atoms with Crippen LogP contribution in [0.2, 0.25) is 0 Å². The van der Waals surface area contributed by atoms with Crippen LogP contribution in [0.5, 0.6) is 5.75 Å². The third kappa shape index (κ3) is 3.11. The number of hydrogen-bond acceptors (Lipinski definition) is 3. The summed E-state index contributed by atoms with van der Waals surface area (Å²) >= 11 is 0. The van der Waals surface area contributed by atoms with E-state index in [4.69, 9.17) is 10.5 Å². The quantitative estimate of drug-likeness (QED) is 0.768. The van der Waals surface area contributed by atoms with Crippen molar-refractivity contribution in [3.05, 3.63) is 36.3 Å². The maximum atomic E-state index is 5.48. The van der Waals surface area contributed by atoms with Crippen LogP contribution in [0, 0.1) is 0 Å². The van der Waals surface area contributed by atoms with Crippen LogP contribution in [-0.4, -0.2) is 23.6 Å². The second-order valence-corrected chi connectivity index (χ2v) is 4.22. The Bertz CT molecular complexity index is 493. The van der Waals surface area contributed by atoms with Gasteiger partial charge in [0.1, 0.15) is 11.6 Å². The van der Waals surface area contributed by atoms with Gasteiger partial charge in [0.15, 0.2) is 0 Å². The van der Waals surface area contributed by atoms with Gasteiger partial charge in [0.2, 0.25) is 0 Å². The Kier molecular flexibility index (Phi) is 4.36. The lowest BCUT2D eigenvalue weighted by atomic mass is 10.1. The molecule has 1 heterocycles. The first-order valence-corrected chi connectivity index (χ1v) is 6.22. The molecular formula is C14H19N3O. The predicted molar refractivity (Wildman–Crippen MR) is 72.6 cm³/mol. The van der Waals surface area contributed by atoms with Gasteiger partial charge >= 0.3 is 0 Å². The van der Waals surface area contributed by atoms with Gasteiger partial charge in [-0.05, 0) is 31.5 Å². The minimum atomic E-state index is 0.740. The van der Waals surface area contributed by atoms with Crippen LogP contribution in [0.25, 0.3) is 11.3 Å². The molecule has 1 aromatic heterocycles. The van der Waals surface area contributed by atoms with Gasteiger partial charge < -0.3 is 15.5 Å². The number of nitrogens with one attached hydrogen (secondary N) is 1. The van der Waals surface area contributed by atoms with E-state index in [-0.39, 0.29) is 0 Å². The Morgan fingerprint density at radius 3 is 3.00 bits per heavy atom. The van der Waals surface area contributed by atoms with E-state index in [0.717, 1.165) is 48.6 Å². The highest BCUT2D eigenvalue weighted by Gasteiger charge is 2.04. The fourth-order valence-corrected chi connectivity index (χ4v) is 1.86. The van der Waals surface area contributed by atoms with E-state index in [1.165, 1.54) is 0 Å². The van der Waals surface area contributed by atoms with E-state index in [1.807, 2.05) is 30.5 Å². The zero-order valence-electron chi connectivity index (χ0n) is 10.6. The average Bonchev–Trinajstić information content (AvgIpc) is 2.88. The smallest absolute Gasteiger partial charge is 0.119 e. The number of aromatic amines is 1. The summed E-state index contributed by atoms with van der Waals surface area (Å²) in [6.07, 6.45) is 4.92. The van der Waals surface area contributed by atoms with E-state index >= 15 is 0 Å². The van der Waals surface area contributed by atoms with Crippen molar-refractivity contribution < 1.29 is 4.74 Å². The van der Waals surface area contributed by atoms with Crippen LogP contribution < -0.4 is 10.5 Å². The number of ether oxygens (including phenoxy) is 1. The summed E-state index contributed by atoms with van der Waals surface area (Å²) in [5.41, 5.74) is 7.59. The van der Waals surface area contributed by atoms with Crippen LogP contribution in [0.15, 0.2) is 30.5 Å². The topological polar surface area (TPSA) is 63.9 Å². The van der Waals surface area contributed by atoms with Gasteiger partial charge in [-0.3, -0.25) is 0 Å². The summed E-state index contributed by atoms with van der Waals surface area (Å²) in [4.78, 5) is 7.71. The maximum absolute atomic E-state index is 5.48. The molecule has 0 aliphatic carbocycles. The molecule has 3 N–H and O–H groups in total. The Morgan fingerprint density at radius 2 is 2.22 bits per heavy atom. The molecule has 0 amide bonds. The highest BCUT2D eigenvalue weighted by atomic mass is 16.5. The molecule has 96 valence electrons. The number of nitrogens with two attached hydrogens (primary N) is 1. The summed E-state index contributed by atoms with van der Waals surface area (Å²) in [5.74, 6) is 1.87. The summed E-state index contributed by atoms with van der Waals surface area (Å²) < 4.78 is 5.21. The predicted octanol–water partition coefficient (Wildman–Crippen LogP) is 2.37. The normalized spacial score (nSPS) is 10.6. The molecule has 0 radical (unpaired) electrons. The van der Waals surface area contributed by atoms with Crippen LogP contribution in [0.3, 0.4) is 0 Å². The van der Waals surface area contributed by atoms with E-state index < -0.39 is 0 Å². The van der Waals surface area contributed by atoms with Gasteiger partial charge in [-0.1, -0.05) is 12.1 Å². The Morgan fingerprint density at radius 1 is 1.33 bits per heavy atom. The highest BCUT2D eigenvalue weighted by Crippen LogP contribution is 2.22. The van der Waals surface area contributed by atoms with Gasteiger partial charge in [-0.2, -0.15) is 0 Å². The van der Waals surface area contributed by atoms with Crippen LogP contribution >= 0.6 is 0 Å². The molecule has 0 fully saturated rings. The molecule has 1 aromatic carbocycles. The number of hydrogen-bond donors (Lipinski definition) is 2. The third-order valence-electron chi connectivity index (χ3n) is 2.88. The zero-order valence-corrected chi connectivity index (χ0v) is 10.6. The number of H-pyrrole nitrogens is 1. The number of nitrogens with zero attached hydrogens (tertiary/aromatic N) is 1. The van der Waals surface area contributed by atoms with Crippen molar-refractivity contribution in [1.29, 1.82) is 0 Å². The Hall–Kier alpha value is -1.81. The first kappa shape index (κ1) is 12.6. The molecule has 0 aliphatic heterocycles. The zero-order chi connectivity index (χ0) is 12.8. The van der Waals surface area contributed by atoms with Gasteiger partial charge in [-0.25, -0.2) is 4.98 Å². The van der Waals surface area contributed by atoms with Crippen molar-refractivity contribution in [2.24, 2.45) is 5.73 Å². The molecule has 0 unspecified atom stereocenters. The highest BCUT2D eigenvalue weighted by molar-refractivity contribution is 5.60. The Labute approximate surface area is 107 Å². The number of aryl methyl sites for hydroxylation is 1. The van der Waals surface area contributed by atoms with Crippen molar-refractivity contribution >= 4 is 0 Å². The molecule has 2 aromatic rings. The largest absolute Gasteiger partial charge is 0.497 e. The number of methoxy groups -OCH3 is 1. The van der Waals surface area contributed by atoms with Crippen molar-refractivity contribution in [2.45, 2.75) is 19.3 Å². The number of unbranched alkanes of at least 4 members (excludes halogenated alkanes) is 1. The minimum Gasteiger partial charge on any atom is -0.497 e. The Balaban J connectivity index is 2.08. The monoisotopic (exact) mass is 245 g/mol. The fourth-order valence-electron chi connectivity index (χ4n) is 1.86. The number of imidazole rings is 1. The fraction of sp³-hybridized carbons (Fsp3) is 0.357. The van der Waals surface area contributed by atoms with Crippen molar-refractivity contribution in [3.8, 4) is 17.0 Å². The van der Waals surface area contributed by atoms with E-state index in [2.05, 4.69) is 9.97 Å². The molecule has 4 heteroatoms. The van der Waals surface area contributed by atoms with Gasteiger partial charge in [0, 0.05) is 12.0 Å². The van der Waals surface area contributed by atoms with Crippen LogP contribution in [0.4, 0.5) is 0 Å². The molecule has 2 rings (SSSR count). The molecule has 0 saturated heterocycles. The first-order valence-electron chi connectivity index (χ1n) is 6.22. The number of rotatable bonds is 6. The summed E-state index contributed by atoms with van der Waals surface area (Å²) in [6.45, 7) is 0.740. The van der Waals surface area contributed by atoms with Gasteiger partial charge in [0.25, 0.3) is 0 Å². The minimum absolute atomic E-state index is 0.740. The van der Waals surface area contributed by atoms with Gasteiger partial charge in [-0.15, -0.1) is 0 Å². The molecule has 18 heavy (non-hydrogen) atoms. The molecule has 4 nitrogen and oxygen atoms in total. The maximum Gasteiger partial charge on any atom is 0.119 e. The third-order valence-corrected chi connectivity index (χ3v) is 2.88. The summed E-state index contributed by atoms with van der Waals surface area (Å²) in [7, 11) is 1.67. The molecule has 0 aliphatic rings. The molecule has 0 atom stereocenters. The molecule has 0 bridgehead atoms. The molecule has 0 spiro atoms. The second kappa shape index (κ2) is 6.21. The standard InChI is InChI=1S/C14H19N3O/c1-18-12-6-4-5-11(9-12)13-10-16-14(17-13)7-2-3-8-15/h4-6,9-10H,2-3,7-8,15H2,1H3,(H,16,17). The number of benzene rings is 1. The van der Waals surface area contributed by atoms with Crippen LogP contribution in [-0.2, 0) is 6.42 Å². The first-order chi connectivity index (χ1) is 8.83. The summed E-state index contributed by atoms with van der Waals surface area (Å²) in [5, 5.41) is 0. The lowest BCUT2D eigenvalue weighted by Gasteiger charge is -2.02. The summed E-state index contributed by atoms with van der Waals surface area (Å²) in [6, 6.07) is 7.95. The van der Waals surface area contributed by atoms with E-state index in [9.17, 15) is 0 Å². The van der Waals surface area contributed by atoms with E-state index in [0.29, 0.717) is 0 Å². The van der Waals surface area contributed by atoms with Crippen molar-refractivity contribution in [2.75, 3.05) is 13.7 Å².